The highest BCUT2D eigenvalue weighted by Crippen LogP contribution is 2.30. The van der Waals surface area contributed by atoms with Crippen LogP contribution in [0.2, 0.25) is 20.1 Å². The second-order valence-corrected chi connectivity index (χ2v) is 17.4. The van der Waals surface area contributed by atoms with E-state index in [0.29, 0.717) is 49.5 Å². The van der Waals surface area contributed by atoms with E-state index in [-0.39, 0.29) is 31.6 Å². The van der Waals surface area contributed by atoms with Gasteiger partial charge in [-0.2, -0.15) is 0 Å². The third-order valence-electron chi connectivity index (χ3n) is 11.0. The van der Waals surface area contributed by atoms with Crippen LogP contribution in [0.15, 0.2) is 84.9 Å². The van der Waals surface area contributed by atoms with Crippen LogP contribution in [0.25, 0.3) is 21.8 Å². The van der Waals surface area contributed by atoms with Crippen LogP contribution in [0.5, 0.6) is 11.5 Å². The van der Waals surface area contributed by atoms with Crippen LogP contribution < -0.4 is 29.9 Å². The smallest absolute Gasteiger partial charge is 0.262 e. The molecule has 0 bridgehead atoms. The Kier molecular flexibility index (Phi) is 15.9. The number of hydrogen-bond acceptors (Lipinski definition) is 11. The number of piperazine rings is 2. The molecule has 3 N–H and O–H groups in total. The lowest BCUT2D eigenvalue weighted by molar-refractivity contribution is -0.118. The number of aryl methyl sites for hydroxylation is 2. The predicted octanol–water partition coefficient (Wildman–Crippen LogP) is 8.60. The molecule has 4 heterocycles. The molecule has 336 valence electrons. The van der Waals surface area contributed by atoms with Gasteiger partial charge >= 0.3 is 0 Å². The number of rotatable bonds is 12. The standard InChI is InChI=1S/C24H26Cl2N4O3.C23H24Cl2N4O2/c1-16-12-23(30-8-6-29(7-9-30)10-11-31)28-21-4-3-18(14-19(16)21)27-24(32)15-33-22-5-2-17(25)13-20(22)26;1-15-11-22(29-9-7-28(2)8-10-29)27-20-5-4-17(13-18(15)20)26-23(30)14-31-21-6-3-16(24)12-19(21)25/h2-5,12-14,31H,6-11,15H2,1H3,(H,27,32);3-6,11-13H,7-10,14H2,1-2H3,(H,26,30). The Bertz CT molecular complexity index is 2620. The number of fused-ring (bicyclic) bond motifs is 2. The first-order valence-electron chi connectivity index (χ1n) is 20.9. The molecule has 0 spiro atoms. The monoisotopic (exact) mass is 946 g/mol. The Balaban J connectivity index is 0.000000192. The average Bonchev–Trinajstić information content (AvgIpc) is 3.27. The molecule has 0 aliphatic carbocycles. The van der Waals surface area contributed by atoms with Gasteiger partial charge < -0.3 is 39.9 Å². The number of β-amino-alcohol motifs (C(OH)–C–C–N with tert-alkyl or cyclic N) is 1. The zero-order chi connectivity index (χ0) is 45.3. The Morgan fingerprint density at radius 1 is 0.609 bits per heavy atom. The Morgan fingerprint density at radius 3 is 1.47 bits per heavy atom. The first-order valence-corrected chi connectivity index (χ1v) is 22.4. The topological polar surface area (TPSA) is 136 Å². The highest BCUT2D eigenvalue weighted by atomic mass is 35.5. The van der Waals surface area contributed by atoms with E-state index in [4.69, 9.17) is 71.0 Å². The second-order valence-electron chi connectivity index (χ2n) is 15.7. The SMILES string of the molecule is Cc1cc(N2CCN(C)CC2)nc2ccc(NC(=O)COc3ccc(Cl)cc3Cl)cc12.Cc1cc(N2CCN(CCO)CC2)nc2ccc(NC(=O)COc3ccc(Cl)cc3Cl)cc12. The largest absolute Gasteiger partial charge is 0.482 e. The molecular formula is C47H50Cl4N8O5. The summed E-state index contributed by atoms with van der Waals surface area (Å²) in [5.41, 5.74) is 5.38. The fourth-order valence-electron chi connectivity index (χ4n) is 7.48. The average molecular weight is 949 g/mol. The van der Waals surface area contributed by atoms with Crippen LogP contribution in [-0.4, -0.2) is 122 Å². The lowest BCUT2D eigenvalue weighted by Gasteiger charge is -2.35. The number of nitrogens with one attached hydrogen (secondary N) is 2. The van der Waals surface area contributed by atoms with Crippen molar-refractivity contribution in [1.29, 1.82) is 0 Å². The maximum absolute atomic E-state index is 12.4. The zero-order valence-corrected chi connectivity index (χ0v) is 38.9. The number of halogens is 4. The number of amides is 2. The molecule has 2 aromatic heterocycles. The first kappa shape index (κ1) is 46.9. The number of ether oxygens (including phenoxy) is 2. The fourth-order valence-corrected chi connectivity index (χ4v) is 8.40. The molecule has 0 radical (unpaired) electrons. The maximum Gasteiger partial charge on any atom is 0.262 e. The van der Waals surface area contributed by atoms with Crippen molar-refractivity contribution in [3.8, 4) is 11.5 Å². The van der Waals surface area contributed by atoms with E-state index in [1.807, 2.05) is 43.3 Å². The molecule has 0 unspecified atom stereocenters. The molecule has 8 rings (SSSR count). The molecule has 2 aliphatic rings. The minimum atomic E-state index is -0.289. The van der Waals surface area contributed by atoms with Crippen LogP contribution in [-0.2, 0) is 9.59 Å². The van der Waals surface area contributed by atoms with Crippen molar-refractivity contribution in [1.82, 2.24) is 19.8 Å². The van der Waals surface area contributed by atoms with Gasteiger partial charge in [0.25, 0.3) is 11.8 Å². The third kappa shape index (κ3) is 12.4. The molecule has 4 aromatic carbocycles. The maximum atomic E-state index is 12.4. The highest BCUT2D eigenvalue weighted by Gasteiger charge is 2.20. The van der Waals surface area contributed by atoms with Gasteiger partial charge in [0.15, 0.2) is 13.2 Å². The quantitative estimate of drug-likeness (QED) is 0.109. The van der Waals surface area contributed by atoms with Crippen LogP contribution >= 0.6 is 46.4 Å². The molecule has 0 saturated carbocycles. The summed E-state index contributed by atoms with van der Waals surface area (Å²) in [4.78, 5) is 43.6. The summed E-state index contributed by atoms with van der Waals surface area (Å²) in [5, 5.41) is 18.6. The van der Waals surface area contributed by atoms with E-state index in [1.165, 1.54) is 0 Å². The van der Waals surface area contributed by atoms with E-state index in [2.05, 4.69) is 56.3 Å². The van der Waals surface area contributed by atoms with Gasteiger partial charge in [-0.3, -0.25) is 14.5 Å². The van der Waals surface area contributed by atoms with Gasteiger partial charge in [0, 0.05) is 91.1 Å². The van der Waals surface area contributed by atoms with Crippen molar-refractivity contribution in [3.63, 3.8) is 0 Å². The number of hydrogen-bond donors (Lipinski definition) is 3. The summed E-state index contributed by atoms with van der Waals surface area (Å²) in [6, 6.07) is 25.4. The summed E-state index contributed by atoms with van der Waals surface area (Å²) < 4.78 is 11.0. The number of nitrogens with zero attached hydrogens (tertiary/aromatic N) is 6. The molecule has 17 heteroatoms. The third-order valence-corrected chi connectivity index (χ3v) is 12.1. The van der Waals surface area contributed by atoms with Gasteiger partial charge in [0.2, 0.25) is 0 Å². The lowest BCUT2D eigenvalue weighted by atomic mass is 10.1. The summed E-state index contributed by atoms with van der Waals surface area (Å²) in [6.45, 7) is 12.3. The van der Waals surface area contributed by atoms with E-state index < -0.39 is 0 Å². The number of aliphatic hydroxyl groups is 1. The number of anilines is 4. The van der Waals surface area contributed by atoms with E-state index in [0.717, 1.165) is 96.9 Å². The van der Waals surface area contributed by atoms with Crippen LogP contribution in [0, 0.1) is 13.8 Å². The van der Waals surface area contributed by atoms with Crippen molar-refractivity contribution < 1.29 is 24.2 Å². The van der Waals surface area contributed by atoms with Crippen LogP contribution in [0.3, 0.4) is 0 Å². The number of carbonyl (C=O) groups is 2. The van der Waals surface area contributed by atoms with E-state index in [1.54, 1.807) is 36.4 Å². The summed E-state index contributed by atoms with van der Waals surface area (Å²) >= 11 is 23.9. The molecular weight excluding hydrogens is 898 g/mol. The molecule has 2 fully saturated rings. The summed E-state index contributed by atoms with van der Waals surface area (Å²) in [6.07, 6.45) is 0. The van der Waals surface area contributed by atoms with Crippen LogP contribution in [0.4, 0.5) is 23.0 Å². The first-order chi connectivity index (χ1) is 30.8. The molecule has 2 amide bonds. The molecule has 13 nitrogen and oxygen atoms in total. The number of carbonyl (C=O) groups excluding carboxylic acids is 2. The van der Waals surface area contributed by atoms with Gasteiger partial charge in [-0.15, -0.1) is 0 Å². The van der Waals surface area contributed by atoms with Gasteiger partial charge in [-0.05, 0) is 117 Å². The van der Waals surface area contributed by atoms with Crippen molar-refractivity contribution >= 4 is 103 Å². The molecule has 0 atom stereocenters. The minimum absolute atomic E-state index is 0.154. The fraction of sp³-hybridized carbons (Fsp3) is 0.319. The molecule has 64 heavy (non-hydrogen) atoms. The lowest BCUT2D eigenvalue weighted by Crippen LogP contribution is -2.47. The van der Waals surface area contributed by atoms with Crippen molar-refractivity contribution in [3.05, 3.63) is 116 Å². The molecule has 2 aliphatic heterocycles. The van der Waals surface area contributed by atoms with Gasteiger partial charge in [0.1, 0.15) is 23.1 Å². The summed E-state index contributed by atoms with van der Waals surface area (Å²) in [7, 11) is 2.14. The molecule has 2 saturated heterocycles. The minimum Gasteiger partial charge on any atom is -0.482 e. The Morgan fingerprint density at radius 2 is 1.05 bits per heavy atom. The van der Waals surface area contributed by atoms with Gasteiger partial charge in [-0.25, -0.2) is 9.97 Å². The predicted molar refractivity (Wildman–Crippen MR) is 260 cm³/mol. The zero-order valence-electron chi connectivity index (χ0n) is 35.8. The Labute approximate surface area is 392 Å². The van der Waals surface area contributed by atoms with Crippen LogP contribution in [0.1, 0.15) is 11.1 Å². The number of aliphatic hydroxyl groups excluding tert-OH is 1. The highest BCUT2D eigenvalue weighted by molar-refractivity contribution is 6.36. The molecule has 6 aromatic rings. The van der Waals surface area contributed by atoms with E-state index >= 15 is 0 Å². The number of aromatic nitrogens is 2. The second kappa shape index (κ2) is 21.7. The number of likely N-dealkylation sites (N-methyl/N-ethyl adjacent to an activating group) is 1. The van der Waals surface area contributed by atoms with Gasteiger partial charge in [-0.1, -0.05) is 46.4 Å². The van der Waals surface area contributed by atoms with Crippen molar-refractivity contribution in [2.24, 2.45) is 0 Å². The summed E-state index contributed by atoms with van der Waals surface area (Å²) in [5.74, 6) is 2.21. The van der Waals surface area contributed by atoms with Crippen molar-refractivity contribution in [2.45, 2.75) is 13.8 Å². The van der Waals surface area contributed by atoms with E-state index in [9.17, 15) is 9.59 Å². The number of benzene rings is 4. The van der Waals surface area contributed by atoms with Gasteiger partial charge in [0.05, 0.1) is 27.7 Å². The number of pyridine rings is 2. The van der Waals surface area contributed by atoms with Crippen molar-refractivity contribution in [2.75, 3.05) is 106 Å². The normalized spacial score (nSPS) is 14.6. The Hall–Kier alpha value is -5.12.